The second-order valence-electron chi connectivity index (χ2n) is 4.65. The molecule has 1 amide bonds. The molecule has 0 saturated carbocycles. The molecular formula is C16H19NO3S. The van der Waals surface area contributed by atoms with E-state index >= 15 is 0 Å². The fraction of sp³-hybridized carbons (Fsp3) is 0.312. The van der Waals surface area contributed by atoms with Crippen LogP contribution in [-0.4, -0.2) is 19.8 Å². The van der Waals surface area contributed by atoms with E-state index in [1.807, 2.05) is 54.1 Å². The number of thiophene rings is 1. The molecule has 1 aromatic heterocycles. The van der Waals surface area contributed by atoms with Gasteiger partial charge in [-0.1, -0.05) is 30.3 Å². The number of ether oxygens (including phenoxy) is 2. The predicted molar refractivity (Wildman–Crippen MR) is 83.0 cm³/mol. The van der Waals surface area contributed by atoms with Crippen LogP contribution in [0.1, 0.15) is 30.2 Å². The van der Waals surface area contributed by atoms with Crippen LogP contribution in [0.25, 0.3) is 0 Å². The molecule has 0 bridgehead atoms. The topological polar surface area (TPSA) is 47.6 Å². The maximum absolute atomic E-state index is 12.4. The first-order valence-corrected chi connectivity index (χ1v) is 7.64. The number of rotatable bonds is 7. The lowest BCUT2D eigenvalue weighted by Crippen LogP contribution is -2.33. The number of amides is 1. The van der Waals surface area contributed by atoms with Crippen LogP contribution >= 0.6 is 11.3 Å². The molecule has 1 aromatic carbocycles. The Balaban J connectivity index is 2.04. The van der Waals surface area contributed by atoms with Crippen LogP contribution in [0.4, 0.5) is 0 Å². The summed E-state index contributed by atoms with van der Waals surface area (Å²) in [5.41, 5.74) is 1.90. The number of benzene rings is 1. The van der Waals surface area contributed by atoms with E-state index in [4.69, 9.17) is 9.47 Å². The number of nitrogens with one attached hydrogen (secondary N) is 1. The van der Waals surface area contributed by atoms with Crippen LogP contribution in [0.2, 0.25) is 0 Å². The van der Waals surface area contributed by atoms with E-state index in [1.165, 1.54) is 18.4 Å². The van der Waals surface area contributed by atoms with Gasteiger partial charge in [0.05, 0.1) is 6.04 Å². The average molecular weight is 305 g/mol. The van der Waals surface area contributed by atoms with Gasteiger partial charge >= 0.3 is 0 Å². The van der Waals surface area contributed by atoms with Crippen molar-refractivity contribution >= 4 is 17.2 Å². The number of hydrogen-bond acceptors (Lipinski definition) is 4. The lowest BCUT2D eigenvalue weighted by atomic mass is 10.1. The monoisotopic (exact) mass is 305 g/mol. The van der Waals surface area contributed by atoms with Crippen molar-refractivity contribution in [2.75, 3.05) is 13.9 Å². The van der Waals surface area contributed by atoms with Crippen LogP contribution in [-0.2, 0) is 14.3 Å². The Hall–Kier alpha value is -1.69. The van der Waals surface area contributed by atoms with E-state index in [2.05, 4.69) is 5.32 Å². The molecule has 0 spiro atoms. The molecule has 0 unspecified atom stereocenters. The van der Waals surface area contributed by atoms with E-state index < -0.39 is 6.10 Å². The summed E-state index contributed by atoms with van der Waals surface area (Å²) in [6.45, 7) is 2.03. The van der Waals surface area contributed by atoms with Crippen LogP contribution in [0, 0.1) is 0 Å². The Morgan fingerprint density at radius 2 is 2.00 bits per heavy atom. The Morgan fingerprint density at radius 3 is 2.62 bits per heavy atom. The Bertz CT molecular complexity index is 542. The molecule has 0 saturated heterocycles. The van der Waals surface area contributed by atoms with Crippen LogP contribution in [0.5, 0.6) is 0 Å². The maximum atomic E-state index is 12.4. The van der Waals surface area contributed by atoms with Crippen molar-refractivity contribution in [3.05, 3.63) is 58.3 Å². The van der Waals surface area contributed by atoms with Gasteiger partial charge < -0.3 is 14.8 Å². The van der Waals surface area contributed by atoms with Crippen molar-refractivity contribution in [2.45, 2.75) is 19.1 Å². The van der Waals surface area contributed by atoms with Crippen molar-refractivity contribution in [3.63, 3.8) is 0 Å². The average Bonchev–Trinajstić information content (AvgIpc) is 3.02. The smallest absolute Gasteiger partial charge is 0.254 e. The van der Waals surface area contributed by atoms with Crippen LogP contribution in [0.15, 0.2) is 47.2 Å². The van der Waals surface area contributed by atoms with E-state index in [0.717, 1.165) is 11.1 Å². The normalized spacial score (nSPS) is 13.6. The third-order valence-corrected chi connectivity index (χ3v) is 3.80. The second-order valence-corrected chi connectivity index (χ2v) is 5.43. The molecular weight excluding hydrogens is 286 g/mol. The summed E-state index contributed by atoms with van der Waals surface area (Å²) in [4.78, 5) is 12.4. The summed E-state index contributed by atoms with van der Waals surface area (Å²) in [6.07, 6.45) is -0.651. The molecule has 1 heterocycles. The summed E-state index contributed by atoms with van der Waals surface area (Å²) >= 11 is 1.53. The molecule has 0 aliphatic rings. The quantitative estimate of drug-likeness (QED) is 0.799. The van der Waals surface area contributed by atoms with Gasteiger partial charge in [0.1, 0.15) is 6.79 Å². The fourth-order valence-electron chi connectivity index (χ4n) is 2.00. The van der Waals surface area contributed by atoms with E-state index in [-0.39, 0.29) is 18.7 Å². The number of carbonyl (C=O) groups is 1. The zero-order valence-corrected chi connectivity index (χ0v) is 12.9. The highest BCUT2D eigenvalue weighted by molar-refractivity contribution is 7.08. The lowest BCUT2D eigenvalue weighted by Gasteiger charge is -2.20. The molecule has 4 nitrogen and oxygen atoms in total. The highest BCUT2D eigenvalue weighted by Crippen LogP contribution is 2.22. The van der Waals surface area contributed by atoms with Gasteiger partial charge in [0.15, 0.2) is 6.10 Å². The molecule has 0 aliphatic heterocycles. The van der Waals surface area contributed by atoms with Crippen molar-refractivity contribution in [3.8, 4) is 0 Å². The third-order valence-electron chi connectivity index (χ3n) is 3.09. The molecule has 0 aliphatic carbocycles. The first-order chi connectivity index (χ1) is 10.2. The molecule has 0 fully saturated rings. The van der Waals surface area contributed by atoms with Crippen LogP contribution < -0.4 is 5.32 Å². The minimum atomic E-state index is -0.651. The minimum Gasteiger partial charge on any atom is -0.359 e. The third kappa shape index (κ3) is 4.39. The molecule has 2 atom stereocenters. The van der Waals surface area contributed by atoms with Crippen molar-refractivity contribution in [2.24, 2.45) is 0 Å². The van der Waals surface area contributed by atoms with Crippen LogP contribution in [0.3, 0.4) is 0 Å². The van der Waals surface area contributed by atoms with E-state index in [9.17, 15) is 4.79 Å². The van der Waals surface area contributed by atoms with Crippen molar-refractivity contribution in [1.82, 2.24) is 5.32 Å². The van der Waals surface area contributed by atoms with E-state index in [0.29, 0.717) is 0 Å². The Morgan fingerprint density at radius 1 is 1.24 bits per heavy atom. The molecule has 1 N–H and O–H groups in total. The fourth-order valence-corrected chi connectivity index (χ4v) is 2.67. The summed E-state index contributed by atoms with van der Waals surface area (Å²) in [5.74, 6) is -0.165. The number of methoxy groups -OCH3 is 1. The second kappa shape index (κ2) is 7.93. The maximum Gasteiger partial charge on any atom is 0.254 e. The largest absolute Gasteiger partial charge is 0.359 e. The van der Waals surface area contributed by atoms with Gasteiger partial charge in [-0.15, -0.1) is 0 Å². The van der Waals surface area contributed by atoms with Gasteiger partial charge in [-0.25, -0.2) is 0 Å². The van der Waals surface area contributed by atoms with Gasteiger partial charge in [0.2, 0.25) is 0 Å². The summed E-state index contributed by atoms with van der Waals surface area (Å²) in [6, 6.07) is 11.6. The van der Waals surface area contributed by atoms with Crippen molar-refractivity contribution in [1.29, 1.82) is 0 Å². The van der Waals surface area contributed by atoms with Gasteiger partial charge in [0, 0.05) is 12.7 Å². The summed E-state index contributed by atoms with van der Waals surface area (Å²) in [5, 5.41) is 6.81. The SMILES string of the molecule is COCO[C@H](C(=O)N[C@@H](C)c1ccccc1)c1ccsc1. The van der Waals surface area contributed by atoms with E-state index in [1.54, 1.807) is 0 Å². The zero-order valence-electron chi connectivity index (χ0n) is 12.1. The highest BCUT2D eigenvalue weighted by Gasteiger charge is 2.23. The molecule has 112 valence electrons. The minimum absolute atomic E-state index is 0.0770. The predicted octanol–water partition coefficient (Wildman–Crippen LogP) is 3.29. The van der Waals surface area contributed by atoms with Gasteiger partial charge in [-0.05, 0) is 29.3 Å². The molecule has 5 heteroatoms. The first kappa shape index (κ1) is 15.7. The lowest BCUT2D eigenvalue weighted by molar-refractivity contribution is -0.143. The first-order valence-electron chi connectivity index (χ1n) is 6.70. The molecule has 2 rings (SSSR count). The number of hydrogen-bond donors (Lipinski definition) is 1. The van der Waals surface area contributed by atoms with Crippen molar-refractivity contribution < 1.29 is 14.3 Å². The van der Waals surface area contributed by atoms with Gasteiger partial charge in [-0.3, -0.25) is 4.79 Å². The molecule has 2 aromatic rings. The standard InChI is InChI=1S/C16H19NO3S/c1-12(13-6-4-3-5-7-13)17-16(18)15(20-11-19-2)14-8-9-21-10-14/h3-10,12,15H,11H2,1-2H3,(H,17,18)/t12-,15-/m0/s1. The Labute approximate surface area is 128 Å². The highest BCUT2D eigenvalue weighted by atomic mass is 32.1. The Kier molecular flexibility index (Phi) is 5.92. The molecule has 21 heavy (non-hydrogen) atoms. The van der Waals surface area contributed by atoms with Gasteiger partial charge in [0.25, 0.3) is 5.91 Å². The summed E-state index contributed by atoms with van der Waals surface area (Å²) in [7, 11) is 1.54. The summed E-state index contributed by atoms with van der Waals surface area (Å²) < 4.78 is 10.4. The molecule has 0 radical (unpaired) electrons. The number of carbonyl (C=O) groups excluding carboxylic acids is 1. The van der Waals surface area contributed by atoms with Gasteiger partial charge in [-0.2, -0.15) is 11.3 Å². The zero-order chi connectivity index (χ0) is 15.1.